The maximum absolute atomic E-state index is 13.6. The molecule has 1 aliphatic heterocycles. The highest BCUT2D eigenvalue weighted by Gasteiger charge is 2.34. The zero-order chi connectivity index (χ0) is 18.7. The van der Waals surface area contributed by atoms with Crippen LogP contribution in [0, 0.1) is 18.7 Å². The Bertz CT molecular complexity index is 824. The average molecular weight is 355 g/mol. The summed E-state index contributed by atoms with van der Waals surface area (Å²) in [5, 5.41) is 2.61. The molecule has 1 fully saturated rings. The largest absolute Gasteiger partial charge is 0.327 e. The first kappa shape index (κ1) is 18.0. The van der Waals surface area contributed by atoms with E-state index in [1.807, 2.05) is 13.8 Å². The molecule has 0 radical (unpaired) electrons. The second-order valence-corrected chi connectivity index (χ2v) is 6.92. The molecule has 2 aromatic rings. The fourth-order valence-electron chi connectivity index (χ4n) is 3.38. The summed E-state index contributed by atoms with van der Waals surface area (Å²) in [6.45, 7) is 4.38. The molecule has 3 rings (SSSR count). The van der Waals surface area contributed by atoms with Crippen molar-refractivity contribution in [3.63, 3.8) is 0 Å². The minimum absolute atomic E-state index is 0.289. The summed E-state index contributed by atoms with van der Waals surface area (Å²) in [5.74, 6) is -1.36. The number of hydrogen-bond acceptors (Lipinski definition) is 3. The molecule has 0 unspecified atom stereocenters. The highest BCUT2D eigenvalue weighted by Crippen LogP contribution is 2.33. The molecule has 1 N–H and O–H groups in total. The van der Waals surface area contributed by atoms with Crippen LogP contribution in [0.25, 0.3) is 0 Å². The van der Waals surface area contributed by atoms with Gasteiger partial charge in [0, 0.05) is 12.7 Å². The fourth-order valence-corrected chi connectivity index (χ4v) is 3.38. The van der Waals surface area contributed by atoms with Gasteiger partial charge in [-0.25, -0.2) is 4.39 Å². The minimum Gasteiger partial charge on any atom is -0.327 e. The van der Waals surface area contributed by atoms with E-state index in [0.717, 1.165) is 17.5 Å². The van der Waals surface area contributed by atoms with Crippen molar-refractivity contribution in [3.05, 3.63) is 59.7 Å². The van der Waals surface area contributed by atoms with Gasteiger partial charge in [-0.15, -0.1) is 0 Å². The molecule has 0 bridgehead atoms. The quantitative estimate of drug-likeness (QED) is 0.839. The second kappa shape index (κ2) is 7.64. The van der Waals surface area contributed by atoms with E-state index in [1.54, 1.807) is 29.3 Å². The molecule has 136 valence electrons. The SMILES string of the molecule is Cc1cncc(NC(=O)C(=O)N2C[C@@H](C)CC[C@@H]2c2cccc(F)c2)c1. The first-order chi connectivity index (χ1) is 12.4. The van der Waals surface area contributed by atoms with E-state index in [1.165, 1.54) is 18.3 Å². The number of nitrogens with zero attached hydrogens (tertiary/aromatic N) is 2. The van der Waals surface area contributed by atoms with E-state index in [0.29, 0.717) is 18.7 Å². The van der Waals surface area contributed by atoms with Crippen molar-refractivity contribution >= 4 is 17.5 Å². The van der Waals surface area contributed by atoms with Gasteiger partial charge < -0.3 is 10.2 Å². The highest BCUT2D eigenvalue weighted by molar-refractivity contribution is 6.39. The molecular weight excluding hydrogens is 333 g/mol. The first-order valence-corrected chi connectivity index (χ1v) is 8.73. The minimum atomic E-state index is -0.701. The van der Waals surface area contributed by atoms with Crippen LogP contribution < -0.4 is 5.32 Å². The third kappa shape index (κ3) is 4.07. The standard InChI is InChI=1S/C20H22FN3O2/c1-13-6-7-18(15-4-3-5-16(21)9-15)24(12-13)20(26)19(25)23-17-8-14(2)10-22-11-17/h3-5,8-11,13,18H,6-7,12H2,1-2H3,(H,23,25)/t13-,18+/m0/s1. The number of benzene rings is 1. The summed E-state index contributed by atoms with van der Waals surface area (Å²) in [4.78, 5) is 30.8. The van der Waals surface area contributed by atoms with Crippen molar-refractivity contribution in [3.8, 4) is 0 Å². The molecule has 1 aliphatic rings. The van der Waals surface area contributed by atoms with Gasteiger partial charge in [0.2, 0.25) is 0 Å². The van der Waals surface area contributed by atoms with Crippen LogP contribution in [0.4, 0.5) is 10.1 Å². The summed E-state index contributed by atoms with van der Waals surface area (Å²) in [7, 11) is 0. The Balaban J connectivity index is 1.80. The average Bonchev–Trinajstić information content (AvgIpc) is 2.61. The van der Waals surface area contributed by atoms with Crippen LogP contribution in [0.2, 0.25) is 0 Å². The molecule has 1 saturated heterocycles. The first-order valence-electron chi connectivity index (χ1n) is 8.73. The Morgan fingerprint density at radius 1 is 1.23 bits per heavy atom. The third-order valence-electron chi connectivity index (χ3n) is 4.64. The van der Waals surface area contributed by atoms with Crippen LogP contribution in [-0.4, -0.2) is 28.2 Å². The summed E-state index contributed by atoms with van der Waals surface area (Å²) in [6.07, 6.45) is 4.80. The number of hydrogen-bond donors (Lipinski definition) is 1. The van der Waals surface area contributed by atoms with E-state index < -0.39 is 11.8 Å². The van der Waals surface area contributed by atoms with Crippen LogP contribution in [0.5, 0.6) is 0 Å². The van der Waals surface area contributed by atoms with E-state index in [9.17, 15) is 14.0 Å². The predicted octanol–water partition coefficient (Wildman–Crippen LogP) is 3.47. The van der Waals surface area contributed by atoms with Gasteiger partial charge in [-0.05, 0) is 55.0 Å². The summed E-state index contributed by atoms with van der Waals surface area (Å²) < 4.78 is 13.6. The molecule has 2 atom stereocenters. The van der Waals surface area contributed by atoms with Gasteiger partial charge in [0.1, 0.15) is 5.82 Å². The second-order valence-electron chi connectivity index (χ2n) is 6.92. The van der Waals surface area contributed by atoms with Gasteiger partial charge in [-0.3, -0.25) is 14.6 Å². The smallest absolute Gasteiger partial charge is 0.313 e. The normalized spacial score (nSPS) is 19.9. The molecule has 5 nitrogen and oxygen atoms in total. The number of piperidine rings is 1. The van der Waals surface area contributed by atoms with E-state index in [4.69, 9.17) is 0 Å². The number of aromatic nitrogens is 1. The van der Waals surface area contributed by atoms with Crippen molar-refractivity contribution in [2.45, 2.75) is 32.7 Å². The number of carbonyl (C=O) groups is 2. The molecule has 1 aromatic heterocycles. The molecule has 0 saturated carbocycles. The monoisotopic (exact) mass is 355 g/mol. The summed E-state index contributed by atoms with van der Waals surface area (Å²) >= 11 is 0. The van der Waals surface area contributed by atoms with Crippen LogP contribution in [0.1, 0.15) is 36.9 Å². The van der Waals surface area contributed by atoms with Gasteiger partial charge in [-0.2, -0.15) is 0 Å². The molecule has 0 aliphatic carbocycles. The number of pyridine rings is 1. The highest BCUT2D eigenvalue weighted by atomic mass is 19.1. The van der Waals surface area contributed by atoms with Gasteiger partial charge in [-0.1, -0.05) is 19.1 Å². The Hall–Kier alpha value is -2.76. The number of likely N-dealkylation sites (tertiary alicyclic amines) is 1. The lowest BCUT2D eigenvalue weighted by Crippen LogP contribution is -2.46. The number of anilines is 1. The maximum Gasteiger partial charge on any atom is 0.313 e. The lowest BCUT2D eigenvalue weighted by Gasteiger charge is -2.38. The van der Waals surface area contributed by atoms with Crippen molar-refractivity contribution < 1.29 is 14.0 Å². The van der Waals surface area contributed by atoms with Crippen LogP contribution >= 0.6 is 0 Å². The Kier molecular flexibility index (Phi) is 5.30. The van der Waals surface area contributed by atoms with E-state index in [-0.39, 0.29) is 17.8 Å². The van der Waals surface area contributed by atoms with Crippen LogP contribution in [0.3, 0.4) is 0 Å². The van der Waals surface area contributed by atoms with Gasteiger partial charge >= 0.3 is 11.8 Å². The Labute approximate surface area is 152 Å². The number of amides is 2. The molecule has 2 heterocycles. The fraction of sp³-hybridized carbons (Fsp3) is 0.350. The van der Waals surface area contributed by atoms with Gasteiger partial charge in [0.25, 0.3) is 0 Å². The number of rotatable bonds is 2. The maximum atomic E-state index is 13.6. The van der Waals surface area contributed by atoms with Gasteiger partial charge in [0.05, 0.1) is 17.9 Å². The number of aryl methyl sites for hydroxylation is 1. The zero-order valence-electron chi connectivity index (χ0n) is 14.9. The van der Waals surface area contributed by atoms with Crippen LogP contribution in [-0.2, 0) is 9.59 Å². The third-order valence-corrected chi connectivity index (χ3v) is 4.64. The number of nitrogens with one attached hydrogen (secondary N) is 1. The number of carbonyl (C=O) groups excluding carboxylic acids is 2. The Morgan fingerprint density at radius 2 is 2.04 bits per heavy atom. The molecule has 1 aromatic carbocycles. The van der Waals surface area contributed by atoms with Crippen molar-refractivity contribution in [1.29, 1.82) is 0 Å². The lowest BCUT2D eigenvalue weighted by molar-refractivity contribution is -0.146. The van der Waals surface area contributed by atoms with Crippen molar-refractivity contribution in [2.24, 2.45) is 5.92 Å². The van der Waals surface area contributed by atoms with E-state index in [2.05, 4.69) is 10.3 Å². The van der Waals surface area contributed by atoms with Crippen LogP contribution in [0.15, 0.2) is 42.7 Å². The summed E-state index contributed by atoms with van der Waals surface area (Å²) in [5.41, 5.74) is 2.09. The molecule has 0 spiro atoms. The number of halogens is 1. The van der Waals surface area contributed by atoms with Crippen molar-refractivity contribution in [1.82, 2.24) is 9.88 Å². The Morgan fingerprint density at radius 3 is 2.77 bits per heavy atom. The lowest BCUT2D eigenvalue weighted by atomic mass is 9.89. The van der Waals surface area contributed by atoms with Crippen molar-refractivity contribution in [2.75, 3.05) is 11.9 Å². The molecule has 2 amide bonds. The molecular formula is C20H22FN3O2. The molecule has 26 heavy (non-hydrogen) atoms. The topological polar surface area (TPSA) is 62.3 Å². The zero-order valence-corrected chi connectivity index (χ0v) is 14.9. The van der Waals surface area contributed by atoms with Gasteiger partial charge in [0.15, 0.2) is 0 Å². The molecule has 6 heteroatoms. The predicted molar refractivity (Wildman–Crippen MR) is 96.9 cm³/mol. The van der Waals surface area contributed by atoms with E-state index >= 15 is 0 Å². The summed E-state index contributed by atoms with van der Waals surface area (Å²) in [6, 6.07) is 7.69.